The Morgan fingerprint density at radius 3 is 2.94 bits per heavy atom. The summed E-state index contributed by atoms with van der Waals surface area (Å²) in [5.74, 6) is -0.395. The Kier molecular flexibility index (Phi) is 3.73. The normalized spacial score (nSPS) is 12.7. The number of hydrogen-bond acceptors (Lipinski definition) is 3. The van der Waals surface area contributed by atoms with Crippen molar-refractivity contribution < 1.29 is 9.53 Å². The molecular weight excluding hydrogens is 296 g/mol. The lowest BCUT2D eigenvalue weighted by molar-refractivity contribution is -0.144. The fourth-order valence-corrected chi connectivity index (χ4v) is 2.34. The van der Waals surface area contributed by atoms with E-state index in [0.717, 1.165) is 20.9 Å². The minimum atomic E-state index is -0.741. The molecule has 1 atom stereocenters. The third-order valence-corrected chi connectivity index (χ3v) is 3.35. The van der Waals surface area contributed by atoms with Crippen LogP contribution in [0.5, 0.6) is 0 Å². The van der Waals surface area contributed by atoms with Crippen LogP contribution >= 0.6 is 15.9 Å². The van der Waals surface area contributed by atoms with Crippen molar-refractivity contribution in [1.29, 1.82) is 0 Å². The molecule has 2 N–H and O–H groups in total. The van der Waals surface area contributed by atoms with Crippen LogP contribution in [0.4, 0.5) is 0 Å². The van der Waals surface area contributed by atoms with E-state index < -0.39 is 12.0 Å². The summed E-state index contributed by atoms with van der Waals surface area (Å²) in [6.45, 7) is 2.10. The Bertz CT molecular complexity index is 592. The summed E-state index contributed by atoms with van der Waals surface area (Å²) in [5, 5.41) is 0.973. The standard InChI is InChI=1S/C13H15BrN2O2/c1-3-18-13(17)12(15)10-7-16(2)11-6-8(14)4-5-9(10)11/h4-7,12H,3,15H2,1-2H3. The Morgan fingerprint density at radius 1 is 1.56 bits per heavy atom. The number of carbonyl (C=O) groups is 1. The van der Waals surface area contributed by atoms with Gasteiger partial charge in [-0.25, -0.2) is 4.79 Å². The smallest absolute Gasteiger partial charge is 0.327 e. The van der Waals surface area contributed by atoms with Crippen molar-refractivity contribution >= 4 is 32.8 Å². The highest BCUT2D eigenvalue weighted by atomic mass is 79.9. The first-order chi connectivity index (χ1) is 8.54. The molecule has 0 aliphatic carbocycles. The highest BCUT2D eigenvalue weighted by molar-refractivity contribution is 9.10. The predicted octanol–water partition coefficient (Wildman–Crippen LogP) is 2.50. The van der Waals surface area contributed by atoms with E-state index in [9.17, 15) is 4.79 Å². The van der Waals surface area contributed by atoms with Gasteiger partial charge in [0, 0.05) is 34.2 Å². The second kappa shape index (κ2) is 5.12. The largest absolute Gasteiger partial charge is 0.465 e. The molecule has 2 aromatic rings. The fourth-order valence-electron chi connectivity index (χ4n) is 2.00. The van der Waals surface area contributed by atoms with Crippen LogP contribution in [0.15, 0.2) is 28.9 Å². The molecule has 0 saturated heterocycles. The first-order valence-electron chi connectivity index (χ1n) is 5.71. The number of fused-ring (bicyclic) bond motifs is 1. The Morgan fingerprint density at radius 2 is 2.28 bits per heavy atom. The van der Waals surface area contributed by atoms with E-state index in [1.54, 1.807) is 6.92 Å². The van der Waals surface area contributed by atoms with E-state index in [0.29, 0.717) is 6.61 Å². The molecule has 5 heteroatoms. The van der Waals surface area contributed by atoms with Crippen molar-refractivity contribution in [3.63, 3.8) is 0 Å². The van der Waals surface area contributed by atoms with Crippen LogP contribution in [0.3, 0.4) is 0 Å². The van der Waals surface area contributed by atoms with Gasteiger partial charge in [0.15, 0.2) is 0 Å². The second-order valence-electron chi connectivity index (χ2n) is 4.09. The zero-order chi connectivity index (χ0) is 13.3. The van der Waals surface area contributed by atoms with E-state index in [-0.39, 0.29) is 0 Å². The number of rotatable bonds is 3. The molecule has 0 aliphatic heterocycles. The Balaban J connectivity index is 2.48. The molecule has 0 bridgehead atoms. The summed E-state index contributed by atoms with van der Waals surface area (Å²) in [4.78, 5) is 11.7. The second-order valence-corrected chi connectivity index (χ2v) is 5.00. The lowest BCUT2D eigenvalue weighted by Gasteiger charge is -2.09. The van der Waals surface area contributed by atoms with Crippen LogP contribution in [-0.4, -0.2) is 17.1 Å². The summed E-state index contributed by atoms with van der Waals surface area (Å²) in [6.07, 6.45) is 1.87. The first kappa shape index (κ1) is 13.1. The molecule has 2 rings (SSSR count). The minimum absolute atomic E-state index is 0.336. The number of esters is 1. The van der Waals surface area contributed by atoms with Crippen molar-refractivity contribution in [1.82, 2.24) is 4.57 Å². The van der Waals surface area contributed by atoms with Gasteiger partial charge in [-0.15, -0.1) is 0 Å². The highest BCUT2D eigenvalue weighted by Gasteiger charge is 2.21. The number of benzene rings is 1. The number of nitrogens with two attached hydrogens (primary N) is 1. The third-order valence-electron chi connectivity index (χ3n) is 2.86. The lowest BCUT2D eigenvalue weighted by Crippen LogP contribution is -2.23. The SMILES string of the molecule is CCOC(=O)C(N)c1cn(C)c2cc(Br)ccc12. The summed E-state index contributed by atoms with van der Waals surface area (Å²) < 4.78 is 7.90. The van der Waals surface area contributed by atoms with Crippen LogP contribution in [0.2, 0.25) is 0 Å². The molecule has 4 nitrogen and oxygen atoms in total. The molecule has 0 amide bonds. The topological polar surface area (TPSA) is 57.2 Å². The Hall–Kier alpha value is -1.33. The molecule has 1 heterocycles. The summed E-state index contributed by atoms with van der Waals surface area (Å²) in [6, 6.07) is 5.14. The van der Waals surface area contributed by atoms with Crippen LogP contribution in [-0.2, 0) is 16.6 Å². The maximum Gasteiger partial charge on any atom is 0.327 e. The minimum Gasteiger partial charge on any atom is -0.465 e. The number of ether oxygens (including phenoxy) is 1. The molecule has 1 aromatic carbocycles. The van der Waals surface area contributed by atoms with Gasteiger partial charge in [-0.1, -0.05) is 22.0 Å². The zero-order valence-electron chi connectivity index (χ0n) is 10.3. The van der Waals surface area contributed by atoms with Gasteiger partial charge in [-0.05, 0) is 19.1 Å². The third kappa shape index (κ3) is 2.28. The van der Waals surface area contributed by atoms with Crippen LogP contribution in [0.25, 0.3) is 10.9 Å². The number of hydrogen-bond donors (Lipinski definition) is 1. The summed E-state index contributed by atoms with van der Waals surface area (Å²) in [5.41, 5.74) is 7.76. The maximum atomic E-state index is 11.7. The van der Waals surface area contributed by atoms with E-state index >= 15 is 0 Å². The van der Waals surface area contributed by atoms with Crippen molar-refractivity contribution in [3.8, 4) is 0 Å². The van der Waals surface area contributed by atoms with Crippen molar-refractivity contribution in [3.05, 3.63) is 34.4 Å². The van der Waals surface area contributed by atoms with E-state index in [1.807, 2.05) is 36.0 Å². The molecule has 0 saturated carbocycles. The highest BCUT2D eigenvalue weighted by Crippen LogP contribution is 2.28. The van der Waals surface area contributed by atoms with Crippen molar-refractivity contribution in [2.75, 3.05) is 6.61 Å². The van der Waals surface area contributed by atoms with Crippen molar-refractivity contribution in [2.24, 2.45) is 12.8 Å². The number of carbonyl (C=O) groups excluding carboxylic acids is 1. The lowest BCUT2D eigenvalue weighted by atomic mass is 10.1. The maximum absolute atomic E-state index is 11.7. The van der Waals surface area contributed by atoms with Gasteiger partial charge >= 0.3 is 5.97 Å². The molecular formula is C13H15BrN2O2. The predicted molar refractivity (Wildman–Crippen MR) is 74.2 cm³/mol. The molecule has 0 spiro atoms. The molecule has 1 aromatic heterocycles. The first-order valence-corrected chi connectivity index (χ1v) is 6.50. The van der Waals surface area contributed by atoms with Crippen molar-refractivity contribution in [2.45, 2.75) is 13.0 Å². The quantitative estimate of drug-likeness (QED) is 0.886. The molecule has 1 unspecified atom stereocenters. The van der Waals surface area contributed by atoms with Gasteiger partial charge in [0.1, 0.15) is 6.04 Å². The van der Waals surface area contributed by atoms with Gasteiger partial charge in [0.25, 0.3) is 0 Å². The number of aromatic nitrogens is 1. The number of aryl methyl sites for hydroxylation is 1. The monoisotopic (exact) mass is 310 g/mol. The average Bonchev–Trinajstić information content (AvgIpc) is 2.66. The fraction of sp³-hybridized carbons (Fsp3) is 0.308. The number of halogens is 1. The average molecular weight is 311 g/mol. The number of nitrogens with zero attached hydrogens (tertiary/aromatic N) is 1. The molecule has 0 fully saturated rings. The van der Waals surface area contributed by atoms with E-state index in [2.05, 4.69) is 15.9 Å². The molecule has 18 heavy (non-hydrogen) atoms. The molecule has 96 valence electrons. The summed E-state index contributed by atoms with van der Waals surface area (Å²) >= 11 is 3.43. The molecule has 0 radical (unpaired) electrons. The van der Waals surface area contributed by atoms with Crippen LogP contribution in [0.1, 0.15) is 18.5 Å². The van der Waals surface area contributed by atoms with Gasteiger partial charge < -0.3 is 15.0 Å². The zero-order valence-corrected chi connectivity index (χ0v) is 11.9. The van der Waals surface area contributed by atoms with Gasteiger partial charge in [-0.2, -0.15) is 0 Å². The molecule has 0 aliphatic rings. The van der Waals surface area contributed by atoms with E-state index in [4.69, 9.17) is 10.5 Å². The van der Waals surface area contributed by atoms with Gasteiger partial charge in [0.05, 0.1) is 6.61 Å². The van der Waals surface area contributed by atoms with Gasteiger partial charge in [-0.3, -0.25) is 0 Å². The van der Waals surface area contributed by atoms with Crippen LogP contribution in [0, 0.1) is 0 Å². The van der Waals surface area contributed by atoms with Crippen LogP contribution < -0.4 is 5.73 Å². The van der Waals surface area contributed by atoms with E-state index in [1.165, 1.54) is 0 Å². The Labute approximate surface area is 114 Å². The van der Waals surface area contributed by atoms with Gasteiger partial charge in [0.2, 0.25) is 0 Å². The summed E-state index contributed by atoms with van der Waals surface area (Å²) in [7, 11) is 1.93.